The van der Waals surface area contributed by atoms with E-state index in [4.69, 9.17) is 21.1 Å². The Kier molecular flexibility index (Phi) is 127. The van der Waals surface area contributed by atoms with Crippen molar-refractivity contribution in [3.05, 3.63) is 0 Å². The van der Waals surface area contributed by atoms with E-state index in [1.807, 2.05) is 0 Å². The van der Waals surface area contributed by atoms with Crippen LogP contribution in [0.2, 0.25) is 0 Å². The van der Waals surface area contributed by atoms with Gasteiger partial charge < -0.3 is 12.4 Å². The molecular formula is H8NaO7W. The van der Waals surface area contributed by atoms with Crippen molar-refractivity contribution in [3.63, 3.8) is 0 Å². The van der Waals surface area contributed by atoms with Crippen molar-refractivity contribution in [1.82, 2.24) is 0 Å². The molecule has 9 heavy (non-hydrogen) atoms. The van der Waals surface area contributed by atoms with E-state index in [1.54, 1.807) is 0 Å². The van der Waals surface area contributed by atoms with E-state index in [0.29, 0.717) is 0 Å². The third-order valence-corrected chi connectivity index (χ3v) is 0. The van der Waals surface area contributed by atoms with Crippen molar-refractivity contribution in [2.24, 2.45) is 0 Å². The van der Waals surface area contributed by atoms with Crippen molar-refractivity contribution < 1.29 is 80.6 Å². The van der Waals surface area contributed by atoms with Gasteiger partial charge in [-0.15, -0.1) is 0 Å². The summed E-state index contributed by atoms with van der Waals surface area (Å²) in [5.41, 5.74) is 0. The summed E-state index contributed by atoms with van der Waals surface area (Å²) in [6.45, 7) is 0. The summed E-state index contributed by atoms with van der Waals surface area (Å²) in [5, 5.41) is 12.0. The van der Waals surface area contributed by atoms with E-state index in [1.165, 1.54) is 0 Å². The van der Waals surface area contributed by atoms with Gasteiger partial charge in [-0.1, -0.05) is 0 Å². The predicted octanol–water partition coefficient (Wildman–Crippen LogP) is -5.31. The molecule has 57 valence electrons. The quantitative estimate of drug-likeness (QED) is 0.230. The Morgan fingerprint density at radius 3 is 1.11 bits per heavy atom. The van der Waals surface area contributed by atoms with Crippen LogP contribution in [0.4, 0.5) is 0 Å². The third-order valence-electron chi connectivity index (χ3n) is 0. The molecule has 0 aliphatic carbocycles. The first kappa shape index (κ1) is 32.2. The van der Waals surface area contributed by atoms with Gasteiger partial charge in [0.15, 0.2) is 0 Å². The topological polar surface area (TPSA) is 158 Å². The number of hydrogen-bond donors (Lipinski definition) is 3. The standard InChI is InChI=1S/Na.H2O2.3H2O.2O.W.H/c;1-2;;;;;;;/h;1-2H;3*1H2;;;;/q+1;;;;;;;+1;-1/p-1. The average Bonchev–Trinajstić information content (AvgIpc) is 1.41. The molecule has 0 bridgehead atoms. The Bertz CT molecular complexity index is 62.0. The first-order chi connectivity index (χ1) is 2.73. The average molecular weight is 327 g/mol. The minimum absolute atomic E-state index is 0. The molecule has 0 aliphatic rings. The molecule has 7 nitrogen and oxygen atoms in total. The van der Waals surface area contributed by atoms with Crippen LogP contribution in [0.3, 0.4) is 0 Å². The van der Waals surface area contributed by atoms with E-state index >= 15 is 0 Å². The molecule has 0 amide bonds. The molecule has 0 spiro atoms. The van der Waals surface area contributed by atoms with Crippen molar-refractivity contribution >= 4 is 0 Å². The molecule has 0 unspecified atom stereocenters. The summed E-state index contributed by atoms with van der Waals surface area (Å²) in [7, 11) is 0. The first-order valence-electron chi connectivity index (χ1n) is 0.716. The second kappa shape index (κ2) is 35.6. The van der Waals surface area contributed by atoms with Crippen LogP contribution >= 0.6 is 0 Å². The molecule has 0 fully saturated rings. The van der Waals surface area contributed by atoms with Crippen LogP contribution in [0.1, 0.15) is 1.43 Å². The molecular weight excluding hydrogens is 319 g/mol. The van der Waals surface area contributed by atoms with E-state index in [-0.39, 0.29) is 41.9 Å². The Morgan fingerprint density at radius 2 is 1.11 bits per heavy atom. The normalized spacial score (nSPS) is 3.44. The van der Waals surface area contributed by atoms with Crippen molar-refractivity contribution in [2.75, 3.05) is 0 Å². The van der Waals surface area contributed by atoms with Gasteiger partial charge in [0.1, 0.15) is 0 Å². The van der Waals surface area contributed by atoms with Gasteiger partial charge in [-0.25, -0.2) is 0 Å². The van der Waals surface area contributed by atoms with Gasteiger partial charge in [0.2, 0.25) is 0 Å². The number of rotatable bonds is 0. The van der Waals surface area contributed by atoms with Gasteiger partial charge in [-0.3, -0.25) is 10.5 Å². The Balaban J connectivity index is -0.00000000625. The van der Waals surface area contributed by atoms with Crippen LogP contribution in [-0.4, -0.2) is 25.2 Å². The molecule has 0 heterocycles. The second-order valence-corrected chi connectivity index (χ2v) is 1.78. The van der Waals surface area contributed by atoms with E-state index in [0.717, 1.165) is 0 Å². The summed E-state index contributed by atoms with van der Waals surface area (Å²) in [4.78, 5) is 0. The van der Waals surface area contributed by atoms with Gasteiger partial charge in [-0.2, -0.15) is 0 Å². The SMILES string of the molecule is O.O.OO.[H-].[Na+].[O]=[W](=[O])[OH]. The van der Waals surface area contributed by atoms with E-state index in [9.17, 15) is 0 Å². The zero-order valence-corrected chi connectivity index (χ0v) is 9.50. The van der Waals surface area contributed by atoms with Crippen LogP contribution in [0, 0.1) is 0 Å². The third kappa shape index (κ3) is 386. The minimum atomic E-state index is -4.03. The summed E-state index contributed by atoms with van der Waals surface area (Å²) in [5.74, 6) is 0. The van der Waals surface area contributed by atoms with Crippen molar-refractivity contribution in [1.29, 1.82) is 0 Å². The molecule has 0 aromatic heterocycles. The zero-order chi connectivity index (χ0) is 5.58. The molecule has 9 heteroatoms. The van der Waals surface area contributed by atoms with Crippen LogP contribution in [0.15, 0.2) is 0 Å². The van der Waals surface area contributed by atoms with Crippen molar-refractivity contribution in [3.8, 4) is 0 Å². The molecule has 7 N–H and O–H groups in total. The molecule has 0 aromatic rings. The zero-order valence-electron chi connectivity index (χ0n) is 5.57. The molecule has 0 radical (unpaired) electrons. The van der Waals surface area contributed by atoms with Gasteiger partial charge in [0, 0.05) is 0 Å². The summed E-state index contributed by atoms with van der Waals surface area (Å²) in [6, 6.07) is 0. The van der Waals surface area contributed by atoms with Crippen LogP contribution in [-0.2, 0) is 24.4 Å². The molecule has 0 saturated heterocycles. The second-order valence-electron chi connectivity index (χ2n) is 0.217. The van der Waals surface area contributed by atoms with E-state index < -0.39 is 17.6 Å². The number of hydrogen-bond acceptors (Lipinski definition) is 4. The maximum atomic E-state index is 8.72. The molecule has 0 atom stereocenters. The Labute approximate surface area is 80.3 Å². The summed E-state index contributed by atoms with van der Waals surface area (Å²) >= 11 is -4.03. The van der Waals surface area contributed by atoms with Gasteiger partial charge in [0.25, 0.3) is 0 Å². The van der Waals surface area contributed by atoms with Crippen LogP contribution < -0.4 is 29.6 Å². The van der Waals surface area contributed by atoms with Crippen molar-refractivity contribution in [2.45, 2.75) is 0 Å². The Morgan fingerprint density at radius 1 is 1.11 bits per heavy atom. The van der Waals surface area contributed by atoms with Crippen LogP contribution in [0.25, 0.3) is 0 Å². The van der Waals surface area contributed by atoms with Crippen LogP contribution in [0.5, 0.6) is 0 Å². The van der Waals surface area contributed by atoms with Gasteiger partial charge in [-0.05, 0) is 0 Å². The monoisotopic (exact) mass is 327 g/mol. The van der Waals surface area contributed by atoms with E-state index in [2.05, 4.69) is 0 Å². The molecule has 0 saturated carbocycles. The predicted molar refractivity (Wildman–Crippen MR) is 17.2 cm³/mol. The molecule has 0 rings (SSSR count). The van der Waals surface area contributed by atoms with Gasteiger partial charge in [0.05, 0.1) is 0 Å². The fourth-order valence-corrected chi connectivity index (χ4v) is 0. The fourth-order valence-electron chi connectivity index (χ4n) is 0. The molecule has 0 aromatic carbocycles. The molecule has 0 aliphatic heterocycles. The Hall–Kier alpha value is 1.09. The summed E-state index contributed by atoms with van der Waals surface area (Å²) in [6.07, 6.45) is 0. The fraction of sp³-hybridized carbons (Fsp3) is 0. The summed E-state index contributed by atoms with van der Waals surface area (Å²) < 4.78 is 24.6. The first-order valence-corrected chi connectivity index (χ1v) is 4.42. The maximum absolute atomic E-state index is 8.72. The van der Waals surface area contributed by atoms with Gasteiger partial charge >= 0.3 is 57.7 Å².